The molecule has 130 valence electrons. The number of carbonyl (C=O) groups is 3. The summed E-state index contributed by atoms with van der Waals surface area (Å²) in [6.45, 7) is 0. The average Bonchev–Trinajstić information content (AvgIpc) is 1.82. The Labute approximate surface area is 165 Å². The molecule has 0 spiro atoms. The molecule has 0 saturated heterocycles. The van der Waals surface area contributed by atoms with E-state index in [0.29, 0.717) is 0 Å². The van der Waals surface area contributed by atoms with E-state index >= 15 is 0 Å². The summed E-state index contributed by atoms with van der Waals surface area (Å²) in [6.07, 6.45) is -2.72. The minimum atomic E-state index is -2.97. The van der Waals surface area contributed by atoms with Gasteiger partial charge in [0.1, 0.15) is 5.60 Å². The average molecular weight is 336 g/mol. The van der Waals surface area contributed by atoms with Crippen molar-refractivity contribution >= 4 is 17.9 Å². The molecule has 0 bridgehead atoms. The van der Waals surface area contributed by atoms with Crippen LogP contribution in [0.5, 0.6) is 0 Å². The van der Waals surface area contributed by atoms with Gasteiger partial charge in [0, 0.05) is 24.8 Å². The molecule has 17 heteroatoms. The van der Waals surface area contributed by atoms with E-state index in [0.717, 1.165) is 0 Å². The normalized spacial score (nSPS) is 6.13. The summed E-state index contributed by atoms with van der Waals surface area (Å²) >= 11 is 0. The van der Waals surface area contributed by atoms with E-state index in [1.807, 2.05) is 0 Å². The molecule has 0 saturated carbocycles. The van der Waals surface area contributed by atoms with Crippen LogP contribution in [0.25, 0.3) is 0 Å². The molecule has 0 aliphatic rings. The van der Waals surface area contributed by atoms with Gasteiger partial charge in [-0.1, -0.05) is 0 Å². The van der Waals surface area contributed by atoms with E-state index in [-0.39, 0.29) is 94.9 Å². The van der Waals surface area contributed by atoms with Crippen LogP contribution in [0.3, 0.4) is 0 Å². The Morgan fingerprint density at radius 2 is 0.826 bits per heavy atom. The molecule has 0 aliphatic carbocycles. The zero-order valence-electron chi connectivity index (χ0n) is 12.8. The van der Waals surface area contributed by atoms with Crippen molar-refractivity contribution in [3.8, 4) is 0 Å². The van der Waals surface area contributed by atoms with E-state index in [2.05, 4.69) is 0 Å². The third-order valence-electron chi connectivity index (χ3n) is 1.25. The zero-order valence-corrected chi connectivity index (χ0v) is 12.8. The predicted molar refractivity (Wildman–Crippen MR) is 54.5 cm³/mol. The number of rotatable bonds is 5. The molecule has 0 radical (unpaired) electrons. The summed E-state index contributed by atoms with van der Waals surface area (Å²) in [5, 5.41) is 38.9. The first kappa shape index (κ1) is 77.6. The van der Waals surface area contributed by atoms with E-state index in [9.17, 15) is 29.7 Å². The van der Waals surface area contributed by atoms with Crippen LogP contribution in [0.2, 0.25) is 0 Å². The van der Waals surface area contributed by atoms with Crippen LogP contribution in [0.1, 0.15) is 12.8 Å². The number of carboxylic acid groups (broad SMARTS) is 3. The minimum absolute atomic E-state index is 0. The molecule has 0 rings (SSSR count). The monoisotopic (exact) mass is 336 g/mol. The van der Waals surface area contributed by atoms with Gasteiger partial charge in [-0.25, -0.2) is 0 Å². The maximum Gasteiger partial charge on any atom is 1.00 e. The summed E-state index contributed by atoms with van der Waals surface area (Å²) in [4.78, 5) is 30.0. The number of hydrogen-bond donors (Lipinski definition) is 1. The molecule has 0 fully saturated rings. The molecule has 0 heterocycles. The van der Waals surface area contributed by atoms with Gasteiger partial charge in [-0.15, -0.1) is 0 Å². The molecule has 0 unspecified atom stereocenters. The van der Waals surface area contributed by atoms with Gasteiger partial charge < -0.3 is 73.1 Å². The molecule has 0 aromatic carbocycles. The molecular weight excluding hydrogens is 317 g/mol. The smallest absolute Gasteiger partial charge is 0.550 e. The third-order valence-corrected chi connectivity index (χ3v) is 1.25. The van der Waals surface area contributed by atoms with Crippen LogP contribution < -0.4 is 71.9 Å². The van der Waals surface area contributed by atoms with Gasteiger partial charge in [0.25, 0.3) is 0 Å². The predicted octanol–water partition coefficient (Wildman–Crippen LogP) is -20.0. The molecular formula is C6H19Li3O14. The first-order valence-electron chi connectivity index (χ1n) is 3.11. The minimum Gasteiger partial charge on any atom is -0.550 e. The van der Waals surface area contributed by atoms with Crippen molar-refractivity contribution in [3.05, 3.63) is 0 Å². The molecule has 0 aromatic rings. The largest absolute Gasteiger partial charge is 1.00 e. The number of aliphatic carboxylic acids is 3. The Kier molecular flexibility index (Phi) is 113. The quantitative estimate of drug-likeness (QED) is 0.471. The van der Waals surface area contributed by atoms with Gasteiger partial charge in [-0.2, -0.15) is 0 Å². The fourth-order valence-electron chi connectivity index (χ4n) is 0.684. The van der Waals surface area contributed by atoms with Crippen LogP contribution in [0, 0.1) is 0 Å². The fraction of sp³-hybridized carbons (Fsp3) is 0.500. The topological polar surface area (TPSA) is 361 Å². The van der Waals surface area contributed by atoms with Gasteiger partial charge in [-0.05, 0) is 0 Å². The first-order valence-corrected chi connectivity index (χ1v) is 3.11. The van der Waals surface area contributed by atoms with Gasteiger partial charge >= 0.3 is 56.6 Å². The van der Waals surface area contributed by atoms with Crippen molar-refractivity contribution < 1.29 is 130 Å². The number of aliphatic hydroxyl groups is 1. The Morgan fingerprint density at radius 3 is 0.913 bits per heavy atom. The van der Waals surface area contributed by atoms with E-state index in [4.69, 9.17) is 5.11 Å². The van der Waals surface area contributed by atoms with Crippen molar-refractivity contribution in [2.75, 3.05) is 0 Å². The Hall–Kier alpha value is -0.118. The van der Waals surface area contributed by atoms with Crippen molar-refractivity contribution in [1.82, 2.24) is 0 Å². The maximum absolute atomic E-state index is 10.1. The van der Waals surface area contributed by atoms with E-state index in [1.54, 1.807) is 0 Å². The summed E-state index contributed by atoms with van der Waals surface area (Å²) in [5.74, 6) is -5.98. The second-order valence-corrected chi connectivity index (χ2v) is 2.42. The summed E-state index contributed by atoms with van der Waals surface area (Å²) in [7, 11) is 0. The second-order valence-electron chi connectivity index (χ2n) is 2.42. The maximum atomic E-state index is 10.1. The Balaban J connectivity index is -0.0000000160. The van der Waals surface area contributed by atoms with Gasteiger partial charge in [0.2, 0.25) is 0 Å². The third kappa shape index (κ3) is 34.3. The standard InChI is InChI=1S/C6H8O7.3Li.7H2O/c7-3(8)1-6(13,5(11)12)2-4(9)10;;;;;;;;;;/h13H,1-2H2,(H,7,8)(H,9,10)(H,11,12);;;;7*1H2/q;3*+1;;;;;;;/p-3. The number of hydrogen-bond acceptors (Lipinski definition) is 7. The molecule has 0 aromatic heterocycles. The molecule has 14 nitrogen and oxygen atoms in total. The first-order chi connectivity index (χ1) is 5.78. The molecule has 0 amide bonds. The second kappa shape index (κ2) is 33.5. The van der Waals surface area contributed by atoms with Crippen LogP contribution in [-0.4, -0.2) is 66.9 Å². The Bertz CT molecular complexity index is 245. The zero-order chi connectivity index (χ0) is 10.6. The van der Waals surface area contributed by atoms with Crippen LogP contribution in [-0.2, 0) is 14.4 Å². The molecule has 15 N–H and O–H groups in total. The van der Waals surface area contributed by atoms with Gasteiger partial charge in [0.05, 0.1) is 5.97 Å². The molecule has 0 aliphatic heterocycles. The van der Waals surface area contributed by atoms with Crippen molar-refractivity contribution in [2.24, 2.45) is 0 Å². The molecule has 23 heavy (non-hydrogen) atoms. The van der Waals surface area contributed by atoms with E-state index in [1.165, 1.54) is 0 Å². The number of carboxylic acids is 3. The van der Waals surface area contributed by atoms with Crippen LogP contribution >= 0.6 is 0 Å². The van der Waals surface area contributed by atoms with Crippen molar-refractivity contribution in [1.29, 1.82) is 0 Å². The Morgan fingerprint density at radius 1 is 0.652 bits per heavy atom. The van der Waals surface area contributed by atoms with Crippen molar-refractivity contribution in [2.45, 2.75) is 18.4 Å². The number of carbonyl (C=O) groups excluding carboxylic acids is 3. The SMILES string of the molecule is O.O.O.O.O.O.O.O=C([O-])CC(O)(CC(=O)[O-])C(=O)[O-].[Li+].[Li+].[Li+]. The fourth-order valence-corrected chi connectivity index (χ4v) is 0.684. The van der Waals surface area contributed by atoms with Crippen LogP contribution in [0.15, 0.2) is 0 Å². The van der Waals surface area contributed by atoms with E-state index < -0.39 is 36.4 Å². The summed E-state index contributed by atoms with van der Waals surface area (Å²) in [5.41, 5.74) is -2.97. The summed E-state index contributed by atoms with van der Waals surface area (Å²) in [6, 6.07) is 0. The molecule has 0 atom stereocenters. The summed E-state index contributed by atoms with van der Waals surface area (Å²) < 4.78 is 0. The van der Waals surface area contributed by atoms with Gasteiger partial charge in [-0.3, -0.25) is 0 Å². The van der Waals surface area contributed by atoms with Crippen LogP contribution in [0.4, 0.5) is 0 Å². The van der Waals surface area contributed by atoms with Crippen molar-refractivity contribution in [3.63, 3.8) is 0 Å². The van der Waals surface area contributed by atoms with Gasteiger partial charge in [0.15, 0.2) is 0 Å².